The molecule has 4 N–H and O–H groups in total. The van der Waals surface area contributed by atoms with Crippen molar-refractivity contribution in [1.82, 2.24) is 0 Å². The molecule has 0 amide bonds. The molecule has 21 heavy (non-hydrogen) atoms. The number of nitriles is 1. The number of anilines is 1. The fourth-order valence-electron chi connectivity index (χ4n) is 1.24. The van der Waals surface area contributed by atoms with E-state index in [2.05, 4.69) is 47.1 Å². The minimum Gasteiger partial charge on any atom is -0.465 e. The number of benzene rings is 1. The Morgan fingerprint density at radius 1 is 1.62 bits per heavy atom. The summed E-state index contributed by atoms with van der Waals surface area (Å²) in [5.41, 5.74) is 7.78. The highest BCUT2D eigenvalue weighted by Gasteiger charge is 2.20. The molecule has 0 saturated heterocycles. The normalized spacial score (nSPS) is 10.7. The summed E-state index contributed by atoms with van der Waals surface area (Å²) in [5, 5.41) is 19.8. The van der Waals surface area contributed by atoms with Crippen LogP contribution in [0.25, 0.3) is 0 Å². The highest BCUT2D eigenvalue weighted by Crippen LogP contribution is 2.38. The van der Waals surface area contributed by atoms with E-state index in [9.17, 15) is 4.79 Å². The molecule has 0 atom stereocenters. The second-order valence-corrected chi connectivity index (χ2v) is 5.55. The largest absolute Gasteiger partial charge is 0.465 e. The van der Waals surface area contributed by atoms with Crippen molar-refractivity contribution in [3.05, 3.63) is 25.6 Å². The van der Waals surface area contributed by atoms with E-state index < -0.39 is 11.8 Å². The van der Waals surface area contributed by atoms with Crippen LogP contribution in [0.2, 0.25) is 5.02 Å². The molecule has 0 aromatic heterocycles. The summed E-state index contributed by atoms with van der Waals surface area (Å²) in [4.78, 5) is 11.7. The van der Waals surface area contributed by atoms with E-state index >= 15 is 0 Å². The summed E-state index contributed by atoms with van der Waals surface area (Å²) in [5.74, 6) is -1.09. The standard InChI is InChI=1S/C11H8Br2ClN5O2/c1-21-11(20)7-4(12)2-5(14)9(8(7)13)19-18-6(3-15)10(16)17/h2,19H,1H3,(H3,16,17)/b18-6+. The Hall–Kier alpha value is -1.63. The molecule has 1 aromatic rings. The Bertz CT molecular complexity index is 684. The maximum atomic E-state index is 11.7. The van der Waals surface area contributed by atoms with Crippen molar-refractivity contribution < 1.29 is 9.53 Å². The van der Waals surface area contributed by atoms with E-state index in [1.54, 1.807) is 6.07 Å². The molecule has 0 radical (unpaired) electrons. The number of hydrogen-bond donors (Lipinski definition) is 3. The second-order valence-electron chi connectivity index (χ2n) is 3.49. The second kappa shape index (κ2) is 7.40. The molecule has 10 heteroatoms. The molecule has 0 fully saturated rings. The molecule has 0 spiro atoms. The number of hydrazone groups is 1. The Labute approximate surface area is 141 Å². The van der Waals surface area contributed by atoms with Gasteiger partial charge in [0.25, 0.3) is 0 Å². The van der Waals surface area contributed by atoms with Crippen molar-refractivity contribution >= 4 is 66.7 Å². The van der Waals surface area contributed by atoms with Gasteiger partial charge in [-0.2, -0.15) is 10.4 Å². The van der Waals surface area contributed by atoms with Crippen LogP contribution in [0.5, 0.6) is 0 Å². The molecule has 0 aliphatic rings. The van der Waals surface area contributed by atoms with Crippen LogP contribution in [0.1, 0.15) is 10.4 Å². The van der Waals surface area contributed by atoms with Gasteiger partial charge in [-0.1, -0.05) is 11.6 Å². The zero-order valence-corrected chi connectivity index (χ0v) is 14.4. The SMILES string of the molecule is COC(=O)c1c(Br)cc(Cl)c(N/N=C(\C#N)C(=N)N)c1Br. The van der Waals surface area contributed by atoms with Crippen molar-refractivity contribution in [2.45, 2.75) is 0 Å². The predicted octanol–water partition coefficient (Wildman–Crippen LogP) is 2.88. The van der Waals surface area contributed by atoms with Crippen molar-refractivity contribution in [3.8, 4) is 6.07 Å². The number of ether oxygens (including phenoxy) is 1. The van der Waals surface area contributed by atoms with Gasteiger partial charge in [-0.25, -0.2) is 4.79 Å². The first-order valence-electron chi connectivity index (χ1n) is 5.17. The smallest absolute Gasteiger partial charge is 0.340 e. The van der Waals surface area contributed by atoms with Gasteiger partial charge in [-0.15, -0.1) is 0 Å². The lowest BCUT2D eigenvalue weighted by molar-refractivity contribution is 0.0598. The first-order valence-corrected chi connectivity index (χ1v) is 7.13. The summed E-state index contributed by atoms with van der Waals surface area (Å²) >= 11 is 12.5. The fraction of sp³-hybridized carbons (Fsp3) is 0.0909. The average Bonchev–Trinajstić information content (AvgIpc) is 2.41. The van der Waals surface area contributed by atoms with Crippen LogP contribution in [0.4, 0.5) is 5.69 Å². The van der Waals surface area contributed by atoms with Crippen LogP contribution < -0.4 is 11.2 Å². The maximum absolute atomic E-state index is 11.7. The summed E-state index contributed by atoms with van der Waals surface area (Å²) in [6.45, 7) is 0. The third kappa shape index (κ3) is 3.93. The van der Waals surface area contributed by atoms with Crippen LogP contribution in [-0.4, -0.2) is 24.6 Å². The van der Waals surface area contributed by atoms with Crippen molar-refractivity contribution in [2.75, 3.05) is 12.5 Å². The quantitative estimate of drug-likeness (QED) is 0.289. The van der Waals surface area contributed by atoms with Gasteiger partial charge in [0.15, 0.2) is 5.84 Å². The number of methoxy groups -OCH3 is 1. The van der Waals surface area contributed by atoms with Gasteiger partial charge < -0.3 is 10.5 Å². The number of nitrogens with one attached hydrogen (secondary N) is 2. The summed E-state index contributed by atoms with van der Waals surface area (Å²) in [6.07, 6.45) is 0. The maximum Gasteiger partial charge on any atom is 0.340 e. The Balaban J connectivity index is 3.35. The van der Waals surface area contributed by atoms with Crippen LogP contribution in [-0.2, 0) is 4.74 Å². The lowest BCUT2D eigenvalue weighted by Gasteiger charge is -2.12. The van der Waals surface area contributed by atoms with E-state index in [0.29, 0.717) is 8.95 Å². The average molecular weight is 437 g/mol. The topological polar surface area (TPSA) is 124 Å². The van der Waals surface area contributed by atoms with Crippen LogP contribution in [0.15, 0.2) is 20.1 Å². The van der Waals surface area contributed by atoms with Crippen LogP contribution in [0, 0.1) is 16.7 Å². The van der Waals surface area contributed by atoms with E-state index in [0.717, 1.165) is 0 Å². The zero-order chi connectivity index (χ0) is 16.2. The molecule has 0 aliphatic heterocycles. The van der Waals surface area contributed by atoms with Gasteiger partial charge in [-0.05, 0) is 37.9 Å². The highest BCUT2D eigenvalue weighted by atomic mass is 79.9. The number of rotatable bonds is 4. The monoisotopic (exact) mass is 435 g/mol. The Kier molecular flexibility index (Phi) is 6.14. The molecule has 1 aromatic carbocycles. The van der Waals surface area contributed by atoms with E-state index in [1.807, 2.05) is 0 Å². The van der Waals surface area contributed by atoms with Gasteiger partial charge in [-0.3, -0.25) is 10.8 Å². The number of amidine groups is 1. The number of carbonyl (C=O) groups excluding carboxylic acids is 1. The predicted molar refractivity (Wildman–Crippen MR) is 86.8 cm³/mol. The van der Waals surface area contributed by atoms with Gasteiger partial charge in [0.2, 0.25) is 5.71 Å². The molecule has 0 bridgehead atoms. The molecule has 0 heterocycles. The van der Waals surface area contributed by atoms with Crippen LogP contribution in [0.3, 0.4) is 0 Å². The number of esters is 1. The Morgan fingerprint density at radius 3 is 2.71 bits per heavy atom. The molecule has 0 aliphatic carbocycles. The Morgan fingerprint density at radius 2 is 2.24 bits per heavy atom. The van der Waals surface area contributed by atoms with Gasteiger partial charge in [0, 0.05) is 4.47 Å². The zero-order valence-electron chi connectivity index (χ0n) is 10.5. The van der Waals surface area contributed by atoms with E-state index in [-0.39, 0.29) is 22.0 Å². The lowest BCUT2D eigenvalue weighted by Crippen LogP contribution is -2.22. The summed E-state index contributed by atoms with van der Waals surface area (Å²) in [7, 11) is 1.24. The number of nitrogens with two attached hydrogens (primary N) is 1. The molecular formula is C11H8Br2ClN5O2. The minimum atomic E-state index is -0.593. The first kappa shape index (κ1) is 17.4. The number of hydrogen-bond acceptors (Lipinski definition) is 6. The molecule has 0 unspecified atom stereocenters. The van der Waals surface area contributed by atoms with Crippen LogP contribution >= 0.6 is 43.5 Å². The molecule has 1 rings (SSSR count). The summed E-state index contributed by atoms with van der Waals surface area (Å²) < 4.78 is 5.38. The van der Waals surface area contributed by atoms with E-state index in [4.69, 9.17) is 28.0 Å². The number of nitrogens with zero attached hydrogens (tertiary/aromatic N) is 2. The first-order chi connectivity index (χ1) is 9.83. The van der Waals surface area contributed by atoms with Gasteiger partial charge >= 0.3 is 5.97 Å². The summed E-state index contributed by atoms with van der Waals surface area (Å²) in [6, 6.07) is 3.12. The molecular weight excluding hydrogens is 429 g/mol. The van der Waals surface area contributed by atoms with Gasteiger partial charge in [0.05, 0.1) is 27.9 Å². The molecule has 0 saturated carbocycles. The number of carbonyl (C=O) groups is 1. The van der Waals surface area contributed by atoms with Crippen molar-refractivity contribution in [2.24, 2.45) is 10.8 Å². The third-order valence-electron chi connectivity index (χ3n) is 2.20. The third-order valence-corrected chi connectivity index (χ3v) is 3.92. The lowest BCUT2D eigenvalue weighted by atomic mass is 10.2. The van der Waals surface area contributed by atoms with Gasteiger partial charge in [0.1, 0.15) is 6.07 Å². The van der Waals surface area contributed by atoms with Crippen molar-refractivity contribution in [1.29, 1.82) is 10.7 Å². The molecule has 7 nitrogen and oxygen atoms in total. The fourth-order valence-corrected chi connectivity index (χ4v) is 3.26. The van der Waals surface area contributed by atoms with E-state index in [1.165, 1.54) is 13.2 Å². The minimum absolute atomic E-state index is 0.195. The van der Waals surface area contributed by atoms with Crippen molar-refractivity contribution in [3.63, 3.8) is 0 Å². The number of halogens is 3. The molecule has 110 valence electrons. The highest BCUT2D eigenvalue weighted by molar-refractivity contribution is 9.11.